The summed E-state index contributed by atoms with van der Waals surface area (Å²) in [6, 6.07) is 8.47. The Hall–Kier alpha value is -1.22. The van der Waals surface area contributed by atoms with Crippen LogP contribution in [0.2, 0.25) is 0 Å². The van der Waals surface area contributed by atoms with Crippen molar-refractivity contribution in [3.63, 3.8) is 0 Å². The molecule has 0 spiro atoms. The number of allylic oxidation sites excluding steroid dienone is 2. The highest BCUT2D eigenvalue weighted by Crippen LogP contribution is 2.29. The van der Waals surface area contributed by atoms with Crippen LogP contribution >= 0.6 is 15.9 Å². The van der Waals surface area contributed by atoms with Crippen LogP contribution in [0.4, 0.5) is 5.69 Å². The van der Waals surface area contributed by atoms with Crippen molar-refractivity contribution in [2.75, 3.05) is 25.1 Å². The van der Waals surface area contributed by atoms with Crippen LogP contribution in [-0.2, 0) is 0 Å². The van der Waals surface area contributed by atoms with E-state index in [9.17, 15) is 0 Å². The van der Waals surface area contributed by atoms with Gasteiger partial charge in [0.05, 0.1) is 7.11 Å². The summed E-state index contributed by atoms with van der Waals surface area (Å²) in [6.45, 7) is 6.61. The smallest absolute Gasteiger partial charge is 0.119 e. The zero-order valence-corrected chi connectivity index (χ0v) is 17.5. The predicted octanol–water partition coefficient (Wildman–Crippen LogP) is 6.72. The molecule has 2 rings (SSSR count). The number of hydrogen-bond donors (Lipinski definition) is 0. The summed E-state index contributed by atoms with van der Waals surface area (Å²) in [5.74, 6) is 1.52. The molecule has 25 heavy (non-hydrogen) atoms. The van der Waals surface area contributed by atoms with Gasteiger partial charge in [0.25, 0.3) is 0 Å². The summed E-state index contributed by atoms with van der Waals surface area (Å²) in [5.41, 5.74) is 2.69. The first kappa shape index (κ1) is 20.1. The van der Waals surface area contributed by atoms with E-state index in [1.807, 2.05) is 0 Å². The third-order valence-electron chi connectivity index (χ3n) is 4.87. The Bertz CT molecular complexity index is 576. The van der Waals surface area contributed by atoms with Crippen molar-refractivity contribution in [3.8, 4) is 5.75 Å². The molecule has 0 fully saturated rings. The van der Waals surface area contributed by atoms with E-state index in [4.69, 9.17) is 4.74 Å². The summed E-state index contributed by atoms with van der Waals surface area (Å²) < 4.78 is 6.63. The predicted molar refractivity (Wildman–Crippen MR) is 113 cm³/mol. The first-order valence-electron chi connectivity index (χ1n) is 9.59. The molecule has 0 aromatic heterocycles. The van der Waals surface area contributed by atoms with E-state index < -0.39 is 0 Å². The van der Waals surface area contributed by atoms with Gasteiger partial charge in [0.1, 0.15) is 5.75 Å². The molecule has 1 aromatic rings. The first-order valence-corrected chi connectivity index (χ1v) is 10.4. The highest BCUT2D eigenvalue weighted by atomic mass is 79.9. The van der Waals surface area contributed by atoms with Crippen molar-refractivity contribution >= 4 is 21.6 Å². The topological polar surface area (TPSA) is 12.5 Å². The van der Waals surface area contributed by atoms with E-state index in [1.165, 1.54) is 47.8 Å². The monoisotopic (exact) mass is 405 g/mol. The first-order chi connectivity index (χ1) is 12.1. The fourth-order valence-corrected chi connectivity index (χ4v) is 3.63. The lowest BCUT2D eigenvalue weighted by atomic mass is 9.98. The van der Waals surface area contributed by atoms with Gasteiger partial charge in [0.15, 0.2) is 0 Å². The molecule has 0 amide bonds. The minimum atomic E-state index is 0.604. The van der Waals surface area contributed by atoms with Crippen LogP contribution in [0.5, 0.6) is 5.75 Å². The van der Waals surface area contributed by atoms with Gasteiger partial charge in [-0.1, -0.05) is 61.5 Å². The third kappa shape index (κ3) is 6.54. The van der Waals surface area contributed by atoms with Gasteiger partial charge >= 0.3 is 0 Å². The van der Waals surface area contributed by atoms with Crippen LogP contribution in [0, 0.1) is 5.92 Å². The standard InChI is InChI=1S/C22H32BrNO/c1-4-5-6-7-8-15-24(20-11-13-21(25-3)14-12-20)17-19-10-9-18(2)22(23)16-19/h10-14,16,18H,4-9,15,17H2,1-3H3. The summed E-state index contributed by atoms with van der Waals surface area (Å²) >= 11 is 3.73. The number of rotatable bonds is 10. The van der Waals surface area contributed by atoms with E-state index in [-0.39, 0.29) is 0 Å². The van der Waals surface area contributed by atoms with Gasteiger partial charge in [-0.3, -0.25) is 0 Å². The van der Waals surface area contributed by atoms with E-state index in [1.54, 1.807) is 7.11 Å². The van der Waals surface area contributed by atoms with Gasteiger partial charge in [0.2, 0.25) is 0 Å². The number of halogens is 1. The Labute approximate surface area is 162 Å². The van der Waals surface area contributed by atoms with Crippen molar-refractivity contribution in [3.05, 3.63) is 46.5 Å². The number of nitrogens with zero attached hydrogens (tertiary/aromatic N) is 1. The number of ether oxygens (including phenoxy) is 1. The second-order valence-electron chi connectivity index (χ2n) is 6.98. The Morgan fingerprint density at radius 3 is 2.48 bits per heavy atom. The average molecular weight is 406 g/mol. The molecular weight excluding hydrogens is 374 g/mol. The Morgan fingerprint density at radius 2 is 1.84 bits per heavy atom. The van der Waals surface area contributed by atoms with Crippen molar-refractivity contribution in [2.45, 2.75) is 52.4 Å². The summed E-state index contributed by atoms with van der Waals surface area (Å²) in [6.07, 6.45) is 12.4. The van der Waals surface area contributed by atoms with Gasteiger partial charge in [-0.15, -0.1) is 0 Å². The Kier molecular flexibility index (Phi) is 8.60. The average Bonchev–Trinajstić information content (AvgIpc) is 2.63. The molecule has 0 bridgehead atoms. The van der Waals surface area contributed by atoms with Gasteiger partial charge < -0.3 is 9.64 Å². The summed E-state index contributed by atoms with van der Waals surface area (Å²) in [7, 11) is 1.72. The normalized spacial score (nSPS) is 17.0. The molecular formula is C22H32BrNO. The molecule has 0 heterocycles. The molecule has 0 aliphatic heterocycles. The third-order valence-corrected chi connectivity index (χ3v) is 5.88. The fourth-order valence-electron chi connectivity index (χ4n) is 3.15. The largest absolute Gasteiger partial charge is 0.497 e. The van der Waals surface area contributed by atoms with Crippen LogP contribution < -0.4 is 9.64 Å². The molecule has 138 valence electrons. The van der Waals surface area contributed by atoms with Crippen LogP contribution in [0.25, 0.3) is 0 Å². The van der Waals surface area contributed by atoms with Crippen LogP contribution in [-0.4, -0.2) is 20.2 Å². The molecule has 1 atom stereocenters. The van der Waals surface area contributed by atoms with E-state index in [2.05, 4.69) is 71.1 Å². The molecule has 0 radical (unpaired) electrons. The van der Waals surface area contributed by atoms with Crippen molar-refractivity contribution in [2.24, 2.45) is 5.92 Å². The van der Waals surface area contributed by atoms with Crippen molar-refractivity contribution in [1.82, 2.24) is 0 Å². The lowest BCUT2D eigenvalue weighted by Gasteiger charge is -2.27. The molecule has 1 aliphatic carbocycles. The molecule has 1 aromatic carbocycles. The van der Waals surface area contributed by atoms with Gasteiger partial charge in [-0.25, -0.2) is 0 Å². The molecule has 3 heteroatoms. The van der Waals surface area contributed by atoms with Gasteiger partial charge in [-0.05, 0) is 59.2 Å². The minimum absolute atomic E-state index is 0.604. The number of benzene rings is 1. The highest BCUT2D eigenvalue weighted by molar-refractivity contribution is 9.11. The molecule has 1 unspecified atom stereocenters. The summed E-state index contributed by atoms with van der Waals surface area (Å²) in [4.78, 5) is 2.50. The molecule has 0 saturated carbocycles. The number of methoxy groups -OCH3 is 1. The van der Waals surface area contributed by atoms with E-state index in [0.29, 0.717) is 5.92 Å². The molecule has 1 aliphatic rings. The van der Waals surface area contributed by atoms with Gasteiger partial charge in [-0.2, -0.15) is 0 Å². The fraction of sp³-hybridized carbons (Fsp3) is 0.545. The lowest BCUT2D eigenvalue weighted by molar-refractivity contribution is 0.415. The number of anilines is 1. The Morgan fingerprint density at radius 1 is 1.12 bits per heavy atom. The second-order valence-corrected chi connectivity index (χ2v) is 7.89. The summed E-state index contributed by atoms with van der Waals surface area (Å²) in [5, 5.41) is 0. The van der Waals surface area contributed by atoms with E-state index >= 15 is 0 Å². The van der Waals surface area contributed by atoms with Crippen molar-refractivity contribution in [1.29, 1.82) is 0 Å². The minimum Gasteiger partial charge on any atom is -0.497 e. The molecule has 2 nitrogen and oxygen atoms in total. The van der Waals surface area contributed by atoms with Crippen LogP contribution in [0.1, 0.15) is 52.4 Å². The number of hydrogen-bond acceptors (Lipinski definition) is 2. The van der Waals surface area contributed by atoms with Crippen LogP contribution in [0.3, 0.4) is 0 Å². The molecule has 0 N–H and O–H groups in total. The maximum absolute atomic E-state index is 5.30. The zero-order valence-electron chi connectivity index (χ0n) is 15.9. The van der Waals surface area contributed by atoms with Crippen LogP contribution in [0.15, 0.2) is 46.5 Å². The Balaban J connectivity index is 2.03. The highest BCUT2D eigenvalue weighted by Gasteiger charge is 2.14. The molecule has 0 saturated heterocycles. The van der Waals surface area contributed by atoms with Gasteiger partial charge in [0, 0.05) is 18.8 Å². The quantitative estimate of drug-likeness (QED) is 0.400. The van der Waals surface area contributed by atoms with Crippen molar-refractivity contribution < 1.29 is 4.74 Å². The second kappa shape index (κ2) is 10.7. The van der Waals surface area contributed by atoms with E-state index in [0.717, 1.165) is 25.3 Å². The SMILES string of the molecule is CCCCCCCN(CC1=CCC(C)C(Br)=C1)c1ccc(OC)cc1. The lowest BCUT2D eigenvalue weighted by Crippen LogP contribution is -2.27. The number of unbranched alkanes of at least 4 members (excludes halogenated alkanes) is 4. The maximum atomic E-state index is 5.30. The zero-order chi connectivity index (χ0) is 18.1. The maximum Gasteiger partial charge on any atom is 0.119 e.